The Labute approximate surface area is 178 Å². The molecule has 3 rings (SSSR count). The lowest BCUT2D eigenvalue weighted by Gasteiger charge is -2.33. The first-order chi connectivity index (χ1) is 14.8. The Morgan fingerprint density at radius 3 is 2.23 bits per heavy atom. The largest absolute Gasteiger partial charge is 0.482 e. The molecule has 31 heavy (non-hydrogen) atoms. The second-order valence-electron chi connectivity index (χ2n) is 6.65. The molecular weight excluding hydrogens is 434 g/mol. The molecular formula is C20H20F2N2O6S. The molecule has 11 heteroatoms. The van der Waals surface area contributed by atoms with E-state index in [-0.39, 0.29) is 36.8 Å². The minimum Gasteiger partial charge on any atom is -0.482 e. The summed E-state index contributed by atoms with van der Waals surface area (Å²) in [4.78, 5) is 25.3. The van der Waals surface area contributed by atoms with E-state index in [1.165, 1.54) is 39.5 Å². The summed E-state index contributed by atoms with van der Waals surface area (Å²) >= 11 is 0. The molecule has 0 unspecified atom stereocenters. The molecule has 0 aromatic heterocycles. The maximum atomic E-state index is 13.1. The van der Waals surface area contributed by atoms with Crippen molar-refractivity contribution in [2.75, 3.05) is 39.4 Å². The zero-order valence-electron chi connectivity index (χ0n) is 16.4. The zero-order valence-corrected chi connectivity index (χ0v) is 17.2. The second kappa shape index (κ2) is 9.84. The Morgan fingerprint density at radius 2 is 1.58 bits per heavy atom. The highest BCUT2D eigenvalue weighted by atomic mass is 32.2. The maximum absolute atomic E-state index is 13.1. The van der Waals surface area contributed by atoms with Crippen molar-refractivity contribution in [3.05, 3.63) is 60.2 Å². The van der Waals surface area contributed by atoms with Gasteiger partial charge in [0.05, 0.1) is 4.90 Å². The third kappa shape index (κ3) is 5.98. The van der Waals surface area contributed by atoms with Gasteiger partial charge in [-0.25, -0.2) is 22.0 Å². The number of esters is 1. The van der Waals surface area contributed by atoms with E-state index in [2.05, 4.69) is 0 Å². The quantitative estimate of drug-likeness (QED) is 0.588. The maximum Gasteiger partial charge on any atom is 0.344 e. The monoisotopic (exact) mass is 454 g/mol. The van der Waals surface area contributed by atoms with Crippen molar-refractivity contribution in [3.8, 4) is 5.75 Å². The first-order valence-corrected chi connectivity index (χ1v) is 10.8. The van der Waals surface area contributed by atoms with Gasteiger partial charge in [0.2, 0.25) is 10.0 Å². The summed E-state index contributed by atoms with van der Waals surface area (Å²) in [6.45, 7) is -0.645. The van der Waals surface area contributed by atoms with Crippen LogP contribution in [-0.4, -0.2) is 68.9 Å². The molecule has 0 spiro atoms. The van der Waals surface area contributed by atoms with Crippen LogP contribution < -0.4 is 4.74 Å². The summed E-state index contributed by atoms with van der Waals surface area (Å²) in [7, 11) is -3.79. The number of ether oxygens (including phenoxy) is 2. The summed E-state index contributed by atoms with van der Waals surface area (Å²) in [5, 5.41) is 0. The predicted octanol–water partition coefficient (Wildman–Crippen LogP) is 1.42. The van der Waals surface area contributed by atoms with E-state index >= 15 is 0 Å². The molecule has 0 N–H and O–H groups in total. The van der Waals surface area contributed by atoms with Crippen molar-refractivity contribution >= 4 is 21.9 Å². The minimum absolute atomic E-state index is 0.0269. The van der Waals surface area contributed by atoms with Gasteiger partial charge >= 0.3 is 5.97 Å². The molecule has 0 radical (unpaired) electrons. The number of benzene rings is 2. The molecule has 0 bridgehead atoms. The highest BCUT2D eigenvalue weighted by molar-refractivity contribution is 7.89. The van der Waals surface area contributed by atoms with E-state index in [4.69, 9.17) is 9.47 Å². The van der Waals surface area contributed by atoms with Crippen molar-refractivity contribution in [1.29, 1.82) is 0 Å². The van der Waals surface area contributed by atoms with Crippen LogP contribution >= 0.6 is 0 Å². The van der Waals surface area contributed by atoms with E-state index in [0.717, 1.165) is 18.2 Å². The van der Waals surface area contributed by atoms with E-state index in [0.29, 0.717) is 0 Å². The number of hydrogen-bond donors (Lipinski definition) is 0. The average molecular weight is 454 g/mol. The molecule has 0 aliphatic carbocycles. The fourth-order valence-corrected chi connectivity index (χ4v) is 4.33. The normalized spacial score (nSPS) is 14.8. The number of nitrogens with zero attached hydrogens (tertiary/aromatic N) is 2. The molecule has 166 valence electrons. The van der Waals surface area contributed by atoms with Crippen LogP contribution in [0.5, 0.6) is 5.75 Å². The van der Waals surface area contributed by atoms with Crippen LogP contribution in [0, 0.1) is 11.6 Å². The average Bonchev–Trinajstić information content (AvgIpc) is 2.76. The van der Waals surface area contributed by atoms with Crippen LogP contribution in [0.15, 0.2) is 53.4 Å². The van der Waals surface area contributed by atoms with Crippen LogP contribution in [0.25, 0.3) is 0 Å². The molecule has 2 aromatic carbocycles. The van der Waals surface area contributed by atoms with Crippen LogP contribution in [0.1, 0.15) is 0 Å². The van der Waals surface area contributed by atoms with E-state index < -0.39 is 46.7 Å². The van der Waals surface area contributed by atoms with Crippen molar-refractivity contribution in [3.63, 3.8) is 0 Å². The van der Waals surface area contributed by atoms with Crippen LogP contribution in [-0.2, 0) is 24.3 Å². The van der Waals surface area contributed by atoms with Gasteiger partial charge in [-0.05, 0) is 36.4 Å². The Morgan fingerprint density at radius 1 is 0.903 bits per heavy atom. The topological polar surface area (TPSA) is 93.2 Å². The molecule has 1 amide bonds. The third-order valence-electron chi connectivity index (χ3n) is 4.55. The highest BCUT2D eigenvalue weighted by Gasteiger charge is 2.30. The Bertz CT molecular complexity index is 1040. The van der Waals surface area contributed by atoms with Crippen LogP contribution in [0.4, 0.5) is 8.78 Å². The Kier molecular flexibility index (Phi) is 7.18. The zero-order chi connectivity index (χ0) is 22.4. The number of halogens is 2. The fraction of sp³-hybridized carbons (Fsp3) is 0.300. The molecule has 8 nitrogen and oxygen atoms in total. The van der Waals surface area contributed by atoms with Crippen LogP contribution in [0.3, 0.4) is 0 Å². The van der Waals surface area contributed by atoms with Gasteiger partial charge in [0, 0.05) is 32.2 Å². The first-order valence-electron chi connectivity index (χ1n) is 9.33. The van der Waals surface area contributed by atoms with Gasteiger partial charge in [-0.15, -0.1) is 0 Å². The van der Waals surface area contributed by atoms with Gasteiger partial charge < -0.3 is 14.4 Å². The number of sulfonamides is 1. The lowest BCUT2D eigenvalue weighted by atomic mass is 10.3. The lowest BCUT2D eigenvalue weighted by Crippen LogP contribution is -2.51. The SMILES string of the molecule is O=C(COc1cccc(F)c1)OCC(=O)N1CCN(S(=O)(=O)c2ccc(F)cc2)CC1. The molecule has 1 aliphatic heterocycles. The van der Waals surface area contributed by atoms with Gasteiger partial charge in [-0.2, -0.15) is 4.31 Å². The van der Waals surface area contributed by atoms with Gasteiger partial charge in [-0.3, -0.25) is 4.79 Å². The highest BCUT2D eigenvalue weighted by Crippen LogP contribution is 2.18. The van der Waals surface area contributed by atoms with E-state index in [1.807, 2.05) is 0 Å². The van der Waals surface area contributed by atoms with E-state index in [1.54, 1.807) is 0 Å². The molecule has 1 fully saturated rings. The van der Waals surface area contributed by atoms with Crippen molar-refractivity contribution < 1.29 is 36.3 Å². The lowest BCUT2D eigenvalue weighted by molar-refractivity contribution is -0.154. The summed E-state index contributed by atoms with van der Waals surface area (Å²) in [5.74, 6) is -2.17. The van der Waals surface area contributed by atoms with Crippen molar-refractivity contribution in [2.45, 2.75) is 4.90 Å². The standard InChI is InChI=1S/C20H20F2N2O6S/c21-15-4-6-18(7-5-15)31(27,28)24-10-8-23(9-11-24)19(25)13-30-20(26)14-29-17-3-1-2-16(22)12-17/h1-7,12H,8-11,13-14H2. The second-order valence-corrected chi connectivity index (χ2v) is 8.58. The number of piperazine rings is 1. The van der Waals surface area contributed by atoms with Crippen molar-refractivity contribution in [2.24, 2.45) is 0 Å². The molecule has 1 aliphatic rings. The fourth-order valence-electron chi connectivity index (χ4n) is 2.91. The minimum atomic E-state index is -3.79. The number of hydrogen-bond acceptors (Lipinski definition) is 6. The van der Waals surface area contributed by atoms with Gasteiger partial charge in [0.25, 0.3) is 5.91 Å². The Hall–Kier alpha value is -3.05. The molecule has 0 saturated carbocycles. The Balaban J connectivity index is 1.43. The summed E-state index contributed by atoms with van der Waals surface area (Å²) < 4.78 is 62.4. The predicted molar refractivity (Wildman–Crippen MR) is 105 cm³/mol. The third-order valence-corrected chi connectivity index (χ3v) is 6.47. The van der Waals surface area contributed by atoms with Crippen molar-refractivity contribution in [1.82, 2.24) is 9.21 Å². The summed E-state index contributed by atoms with van der Waals surface area (Å²) in [6.07, 6.45) is 0. The number of carbonyl (C=O) groups is 2. The smallest absolute Gasteiger partial charge is 0.344 e. The molecule has 2 aromatic rings. The van der Waals surface area contributed by atoms with E-state index in [9.17, 15) is 26.8 Å². The number of carbonyl (C=O) groups excluding carboxylic acids is 2. The first kappa shape index (κ1) is 22.6. The van der Waals surface area contributed by atoms with Crippen LogP contribution in [0.2, 0.25) is 0 Å². The molecule has 0 atom stereocenters. The summed E-state index contributed by atoms with van der Waals surface area (Å²) in [6, 6.07) is 9.75. The van der Waals surface area contributed by atoms with Gasteiger partial charge in [0.1, 0.15) is 17.4 Å². The van der Waals surface area contributed by atoms with Gasteiger partial charge in [-0.1, -0.05) is 6.07 Å². The molecule has 1 saturated heterocycles. The molecule has 1 heterocycles. The number of rotatable bonds is 7. The number of amides is 1. The van der Waals surface area contributed by atoms with Gasteiger partial charge in [0.15, 0.2) is 13.2 Å². The summed E-state index contributed by atoms with van der Waals surface area (Å²) in [5.41, 5.74) is 0.